The standard InChI is InChI=1S/C10H18N4O.ClH/c1-3-4-9(11)10(15)12-7-8-5-6-13-14(8)2;/h5-6,9H,3-4,7,11H2,1-2H3,(H,12,15);1H. The van der Waals surface area contributed by atoms with Crippen LogP contribution in [0.15, 0.2) is 12.3 Å². The third-order valence-corrected chi connectivity index (χ3v) is 2.30. The van der Waals surface area contributed by atoms with E-state index in [2.05, 4.69) is 10.4 Å². The SMILES string of the molecule is CCCC(N)C(=O)NCc1ccnn1C.Cl. The average molecular weight is 247 g/mol. The van der Waals surface area contributed by atoms with Gasteiger partial charge in [-0.25, -0.2) is 0 Å². The highest BCUT2D eigenvalue weighted by atomic mass is 35.5. The van der Waals surface area contributed by atoms with Crippen molar-refractivity contribution in [3.63, 3.8) is 0 Å². The van der Waals surface area contributed by atoms with Crippen LogP contribution < -0.4 is 11.1 Å². The number of nitrogens with zero attached hydrogens (tertiary/aromatic N) is 2. The van der Waals surface area contributed by atoms with Crippen LogP contribution in [0.25, 0.3) is 0 Å². The van der Waals surface area contributed by atoms with Crippen LogP contribution in [0.2, 0.25) is 0 Å². The summed E-state index contributed by atoms with van der Waals surface area (Å²) in [6.45, 7) is 2.49. The second-order valence-electron chi connectivity index (χ2n) is 3.56. The van der Waals surface area contributed by atoms with Gasteiger partial charge in [-0.2, -0.15) is 5.10 Å². The molecule has 1 heterocycles. The van der Waals surface area contributed by atoms with Gasteiger partial charge in [-0.15, -0.1) is 12.4 Å². The summed E-state index contributed by atoms with van der Waals surface area (Å²) < 4.78 is 1.73. The van der Waals surface area contributed by atoms with Gasteiger partial charge >= 0.3 is 0 Å². The second-order valence-corrected chi connectivity index (χ2v) is 3.56. The van der Waals surface area contributed by atoms with E-state index in [-0.39, 0.29) is 18.3 Å². The molecule has 92 valence electrons. The summed E-state index contributed by atoms with van der Waals surface area (Å²) in [6.07, 6.45) is 3.34. The van der Waals surface area contributed by atoms with Gasteiger partial charge in [-0.1, -0.05) is 13.3 Å². The van der Waals surface area contributed by atoms with Crippen molar-refractivity contribution in [2.75, 3.05) is 0 Å². The van der Waals surface area contributed by atoms with Gasteiger partial charge in [0.1, 0.15) is 0 Å². The molecule has 3 N–H and O–H groups in total. The van der Waals surface area contributed by atoms with Crippen molar-refractivity contribution in [1.82, 2.24) is 15.1 Å². The van der Waals surface area contributed by atoms with Crippen LogP contribution in [0.4, 0.5) is 0 Å². The van der Waals surface area contributed by atoms with Gasteiger partial charge in [0.05, 0.1) is 18.3 Å². The highest BCUT2D eigenvalue weighted by Gasteiger charge is 2.11. The van der Waals surface area contributed by atoms with E-state index in [4.69, 9.17) is 5.73 Å². The first-order chi connectivity index (χ1) is 7.15. The Labute approximate surface area is 102 Å². The lowest BCUT2D eigenvalue weighted by Crippen LogP contribution is -2.40. The van der Waals surface area contributed by atoms with Crippen molar-refractivity contribution in [2.24, 2.45) is 12.8 Å². The van der Waals surface area contributed by atoms with Crippen LogP contribution in [0.5, 0.6) is 0 Å². The molecule has 0 saturated heterocycles. The molecule has 0 aliphatic heterocycles. The predicted molar refractivity (Wildman–Crippen MR) is 65.2 cm³/mol. The Morgan fingerprint density at radius 2 is 2.38 bits per heavy atom. The van der Waals surface area contributed by atoms with Crippen LogP contribution >= 0.6 is 12.4 Å². The number of nitrogens with two attached hydrogens (primary N) is 1. The predicted octanol–water partition coefficient (Wildman–Crippen LogP) is 0.585. The van der Waals surface area contributed by atoms with E-state index < -0.39 is 6.04 Å². The van der Waals surface area contributed by atoms with Crippen molar-refractivity contribution < 1.29 is 4.79 Å². The van der Waals surface area contributed by atoms with E-state index in [9.17, 15) is 4.79 Å². The van der Waals surface area contributed by atoms with Crippen LogP contribution in [-0.4, -0.2) is 21.7 Å². The van der Waals surface area contributed by atoms with Gasteiger partial charge in [0, 0.05) is 13.2 Å². The van der Waals surface area contributed by atoms with E-state index >= 15 is 0 Å². The van der Waals surface area contributed by atoms with Crippen molar-refractivity contribution in [3.05, 3.63) is 18.0 Å². The van der Waals surface area contributed by atoms with Crippen LogP contribution in [0.1, 0.15) is 25.5 Å². The molecule has 0 aliphatic carbocycles. The topological polar surface area (TPSA) is 72.9 Å². The Hall–Kier alpha value is -1.07. The van der Waals surface area contributed by atoms with Gasteiger partial charge in [-0.05, 0) is 12.5 Å². The third-order valence-electron chi connectivity index (χ3n) is 2.30. The largest absolute Gasteiger partial charge is 0.349 e. The molecule has 1 aromatic heterocycles. The zero-order chi connectivity index (χ0) is 11.3. The van der Waals surface area contributed by atoms with Crippen molar-refractivity contribution in [2.45, 2.75) is 32.4 Å². The third kappa shape index (κ3) is 4.20. The number of hydrogen-bond donors (Lipinski definition) is 2. The fourth-order valence-corrected chi connectivity index (χ4v) is 1.33. The summed E-state index contributed by atoms with van der Waals surface area (Å²) in [7, 11) is 1.84. The first-order valence-corrected chi connectivity index (χ1v) is 5.15. The molecule has 1 rings (SSSR count). The first kappa shape index (κ1) is 14.9. The van der Waals surface area contributed by atoms with Crippen LogP contribution in [0.3, 0.4) is 0 Å². The number of carbonyl (C=O) groups excluding carboxylic acids is 1. The number of aromatic nitrogens is 2. The van der Waals surface area contributed by atoms with Gasteiger partial charge in [0.2, 0.25) is 5.91 Å². The fraction of sp³-hybridized carbons (Fsp3) is 0.600. The van der Waals surface area contributed by atoms with Gasteiger partial charge in [-0.3, -0.25) is 9.48 Å². The van der Waals surface area contributed by atoms with Crippen LogP contribution in [0, 0.1) is 0 Å². The Morgan fingerprint density at radius 3 is 2.88 bits per heavy atom. The Balaban J connectivity index is 0.00000225. The van der Waals surface area contributed by atoms with E-state index in [1.54, 1.807) is 10.9 Å². The van der Waals surface area contributed by atoms with E-state index in [1.165, 1.54) is 0 Å². The number of hydrogen-bond acceptors (Lipinski definition) is 3. The first-order valence-electron chi connectivity index (χ1n) is 5.15. The molecule has 16 heavy (non-hydrogen) atoms. The summed E-state index contributed by atoms with van der Waals surface area (Å²) in [5.74, 6) is -0.0990. The van der Waals surface area contributed by atoms with E-state index in [0.29, 0.717) is 6.54 Å². The molecule has 1 aromatic rings. The number of aryl methyl sites for hydroxylation is 1. The van der Waals surface area contributed by atoms with Gasteiger partial charge in [0.15, 0.2) is 0 Å². The number of halogens is 1. The molecule has 0 aromatic carbocycles. The highest BCUT2D eigenvalue weighted by molar-refractivity contribution is 5.85. The molecule has 0 spiro atoms. The zero-order valence-electron chi connectivity index (χ0n) is 9.64. The quantitative estimate of drug-likeness (QED) is 0.799. The molecule has 5 nitrogen and oxygen atoms in total. The monoisotopic (exact) mass is 246 g/mol. The Kier molecular flexibility index (Phi) is 6.76. The molecule has 0 radical (unpaired) electrons. The Bertz CT molecular complexity index is 326. The second kappa shape index (κ2) is 7.24. The Morgan fingerprint density at radius 1 is 1.69 bits per heavy atom. The van der Waals surface area contributed by atoms with Gasteiger partial charge in [0.25, 0.3) is 0 Å². The minimum Gasteiger partial charge on any atom is -0.349 e. The lowest BCUT2D eigenvalue weighted by Gasteiger charge is -2.10. The van der Waals surface area contributed by atoms with E-state index in [0.717, 1.165) is 18.5 Å². The molecule has 0 bridgehead atoms. The smallest absolute Gasteiger partial charge is 0.237 e. The fourth-order valence-electron chi connectivity index (χ4n) is 1.33. The summed E-state index contributed by atoms with van der Waals surface area (Å²) in [4.78, 5) is 11.5. The van der Waals surface area contributed by atoms with Crippen molar-refractivity contribution in [3.8, 4) is 0 Å². The summed E-state index contributed by atoms with van der Waals surface area (Å²) in [5.41, 5.74) is 6.64. The number of rotatable bonds is 5. The average Bonchev–Trinajstić information content (AvgIpc) is 2.61. The molecule has 0 aliphatic rings. The van der Waals surface area contributed by atoms with Crippen molar-refractivity contribution >= 4 is 18.3 Å². The maximum absolute atomic E-state index is 11.5. The lowest BCUT2D eigenvalue weighted by molar-refractivity contribution is -0.122. The number of amides is 1. The molecule has 0 fully saturated rings. The number of nitrogens with one attached hydrogen (secondary N) is 1. The normalized spacial score (nSPS) is 11.7. The molecular weight excluding hydrogens is 228 g/mol. The molecule has 1 amide bonds. The molecule has 1 atom stereocenters. The van der Waals surface area contributed by atoms with Crippen LogP contribution in [-0.2, 0) is 18.4 Å². The van der Waals surface area contributed by atoms with Crippen molar-refractivity contribution in [1.29, 1.82) is 0 Å². The highest BCUT2D eigenvalue weighted by Crippen LogP contribution is 1.97. The lowest BCUT2D eigenvalue weighted by atomic mass is 10.2. The number of carbonyl (C=O) groups is 1. The van der Waals surface area contributed by atoms with Gasteiger partial charge < -0.3 is 11.1 Å². The summed E-state index contributed by atoms with van der Waals surface area (Å²) in [5, 5.41) is 6.80. The minimum atomic E-state index is -0.400. The minimum absolute atomic E-state index is 0. The summed E-state index contributed by atoms with van der Waals surface area (Å²) >= 11 is 0. The molecular formula is C10H19ClN4O. The van der Waals surface area contributed by atoms with E-state index in [1.807, 2.05) is 20.0 Å². The molecule has 1 unspecified atom stereocenters. The molecule has 0 saturated carbocycles. The summed E-state index contributed by atoms with van der Waals surface area (Å²) in [6, 6.07) is 1.47. The maximum Gasteiger partial charge on any atom is 0.237 e. The maximum atomic E-state index is 11.5. The zero-order valence-corrected chi connectivity index (χ0v) is 10.5. The molecule has 6 heteroatoms.